The molecule has 1 amide bonds. The molecule has 6 nitrogen and oxygen atoms in total. The van der Waals surface area contributed by atoms with Crippen molar-refractivity contribution in [1.82, 2.24) is 24.6 Å². The topological polar surface area (TPSA) is 63.9 Å². The maximum Gasteiger partial charge on any atom is 0.233 e. The molecule has 0 spiro atoms. The van der Waals surface area contributed by atoms with E-state index >= 15 is 0 Å². The van der Waals surface area contributed by atoms with Gasteiger partial charge in [-0.25, -0.2) is 4.39 Å². The van der Waals surface area contributed by atoms with Gasteiger partial charge in [0.25, 0.3) is 0 Å². The molecule has 3 rings (SSSR count). The van der Waals surface area contributed by atoms with Gasteiger partial charge in [-0.15, -0.1) is 16.8 Å². The van der Waals surface area contributed by atoms with Crippen molar-refractivity contribution in [3.63, 3.8) is 0 Å². The summed E-state index contributed by atoms with van der Waals surface area (Å²) in [6.45, 7) is 4.37. The fourth-order valence-corrected chi connectivity index (χ4v) is 3.76. The van der Waals surface area contributed by atoms with Gasteiger partial charge in [0.15, 0.2) is 11.0 Å². The quantitative estimate of drug-likeness (QED) is 0.397. The summed E-state index contributed by atoms with van der Waals surface area (Å²) in [6, 6.07) is 8.15. The van der Waals surface area contributed by atoms with Crippen LogP contribution in [-0.4, -0.2) is 43.4 Å². The third kappa shape index (κ3) is 5.02. The zero-order valence-electron chi connectivity index (χ0n) is 15.8. The summed E-state index contributed by atoms with van der Waals surface area (Å²) < 4.78 is 15.8. The number of benzene rings is 1. The molecule has 29 heavy (non-hydrogen) atoms. The van der Waals surface area contributed by atoms with Crippen LogP contribution in [0.3, 0.4) is 0 Å². The normalized spacial score (nSPS) is 10.7. The molecule has 0 saturated heterocycles. The molecule has 0 radical (unpaired) electrons. The molecular formula is C20H19ClFN5OS. The van der Waals surface area contributed by atoms with Gasteiger partial charge in [0.05, 0.1) is 5.75 Å². The highest BCUT2D eigenvalue weighted by Gasteiger charge is 2.18. The van der Waals surface area contributed by atoms with Crippen molar-refractivity contribution in [2.75, 3.05) is 12.8 Å². The molecule has 0 unspecified atom stereocenters. The Balaban J connectivity index is 1.70. The molecule has 1 aromatic carbocycles. The summed E-state index contributed by atoms with van der Waals surface area (Å²) in [7, 11) is 1.61. The van der Waals surface area contributed by atoms with Crippen LogP contribution in [0, 0.1) is 5.82 Å². The van der Waals surface area contributed by atoms with Crippen LogP contribution in [0.2, 0.25) is 5.02 Å². The van der Waals surface area contributed by atoms with E-state index in [1.165, 1.54) is 28.8 Å². The van der Waals surface area contributed by atoms with Crippen molar-refractivity contribution in [3.05, 3.63) is 71.8 Å². The van der Waals surface area contributed by atoms with Gasteiger partial charge in [0.1, 0.15) is 5.82 Å². The number of pyridine rings is 1. The molecule has 0 atom stereocenters. The van der Waals surface area contributed by atoms with Gasteiger partial charge in [-0.3, -0.25) is 14.3 Å². The predicted octanol–water partition coefficient (Wildman–Crippen LogP) is 4.07. The molecular weight excluding hydrogens is 413 g/mol. The van der Waals surface area contributed by atoms with E-state index in [4.69, 9.17) is 11.6 Å². The third-order valence-electron chi connectivity index (χ3n) is 4.17. The van der Waals surface area contributed by atoms with Crippen molar-refractivity contribution in [2.45, 2.75) is 18.2 Å². The number of hydrogen-bond donors (Lipinski definition) is 0. The second-order valence-corrected chi connectivity index (χ2v) is 7.53. The molecule has 0 bridgehead atoms. The smallest absolute Gasteiger partial charge is 0.233 e. The summed E-state index contributed by atoms with van der Waals surface area (Å²) >= 11 is 7.32. The van der Waals surface area contributed by atoms with Gasteiger partial charge in [0.2, 0.25) is 5.91 Å². The number of thioether (sulfide) groups is 1. The standard InChI is InChI=1S/C20H19ClFN5OS/c1-3-11-27-19(14-7-9-23-10-8-14)24-25-20(27)29-13-18(28)26(2)12-15-16(21)5-4-6-17(15)22/h3-10H,1,11-13H2,2H3. The Bertz CT molecular complexity index is 991. The molecule has 2 heterocycles. The fourth-order valence-electron chi connectivity index (χ4n) is 2.65. The lowest BCUT2D eigenvalue weighted by Gasteiger charge is -2.18. The first-order chi connectivity index (χ1) is 14.0. The highest BCUT2D eigenvalue weighted by molar-refractivity contribution is 7.99. The van der Waals surface area contributed by atoms with Gasteiger partial charge >= 0.3 is 0 Å². The van der Waals surface area contributed by atoms with E-state index in [2.05, 4.69) is 21.8 Å². The Morgan fingerprint density at radius 1 is 1.31 bits per heavy atom. The Morgan fingerprint density at radius 3 is 2.76 bits per heavy atom. The number of carbonyl (C=O) groups is 1. The van der Waals surface area contributed by atoms with E-state index in [-0.39, 0.29) is 18.2 Å². The van der Waals surface area contributed by atoms with Gasteiger partial charge in [0, 0.05) is 48.7 Å². The molecule has 9 heteroatoms. The Kier molecular flexibility index (Phi) is 7.00. The highest BCUT2D eigenvalue weighted by Crippen LogP contribution is 2.25. The van der Waals surface area contributed by atoms with Crippen LogP contribution in [0.25, 0.3) is 11.4 Å². The summed E-state index contributed by atoms with van der Waals surface area (Å²) in [4.78, 5) is 18.0. The monoisotopic (exact) mass is 431 g/mol. The van der Waals surface area contributed by atoms with Crippen molar-refractivity contribution in [1.29, 1.82) is 0 Å². The molecule has 0 aliphatic rings. The maximum absolute atomic E-state index is 14.0. The van der Waals surface area contributed by atoms with E-state index in [1.807, 2.05) is 16.7 Å². The summed E-state index contributed by atoms with van der Waals surface area (Å²) in [5.74, 6) is 0.202. The molecule has 3 aromatic rings. The second-order valence-electron chi connectivity index (χ2n) is 6.18. The number of nitrogens with zero attached hydrogens (tertiary/aromatic N) is 5. The molecule has 0 N–H and O–H groups in total. The summed E-state index contributed by atoms with van der Waals surface area (Å²) in [5.41, 5.74) is 1.17. The largest absolute Gasteiger partial charge is 0.341 e. The highest BCUT2D eigenvalue weighted by atomic mass is 35.5. The average molecular weight is 432 g/mol. The SMILES string of the molecule is C=CCn1c(SCC(=O)N(C)Cc2c(F)cccc2Cl)nnc1-c1ccncc1. The number of aromatic nitrogens is 4. The Hall–Kier alpha value is -2.71. The van der Waals surface area contributed by atoms with Crippen molar-refractivity contribution >= 4 is 29.3 Å². The molecule has 2 aromatic heterocycles. The minimum absolute atomic E-state index is 0.0898. The van der Waals surface area contributed by atoms with Gasteiger partial charge < -0.3 is 4.90 Å². The first kappa shape index (κ1) is 21.0. The molecule has 0 aliphatic heterocycles. The lowest BCUT2D eigenvalue weighted by atomic mass is 10.2. The van der Waals surface area contributed by atoms with E-state index in [0.717, 1.165) is 5.56 Å². The average Bonchev–Trinajstić information content (AvgIpc) is 3.12. The van der Waals surface area contributed by atoms with E-state index < -0.39 is 5.82 Å². The Labute approximate surface area is 177 Å². The van der Waals surface area contributed by atoms with Crippen LogP contribution < -0.4 is 0 Å². The predicted molar refractivity (Wildman–Crippen MR) is 112 cm³/mol. The van der Waals surface area contributed by atoms with E-state index in [0.29, 0.717) is 28.1 Å². The minimum atomic E-state index is -0.433. The second kappa shape index (κ2) is 9.67. The van der Waals surface area contributed by atoms with Crippen LogP contribution in [0.1, 0.15) is 5.56 Å². The van der Waals surface area contributed by atoms with Gasteiger partial charge in [-0.1, -0.05) is 35.5 Å². The molecule has 0 aliphatic carbocycles. The maximum atomic E-state index is 14.0. The zero-order valence-corrected chi connectivity index (χ0v) is 17.3. The molecule has 150 valence electrons. The number of allylic oxidation sites excluding steroid dienone is 1. The molecule has 0 fully saturated rings. The number of carbonyl (C=O) groups excluding carboxylic acids is 1. The summed E-state index contributed by atoms with van der Waals surface area (Å²) in [6.07, 6.45) is 5.11. The first-order valence-electron chi connectivity index (χ1n) is 8.75. The van der Waals surface area contributed by atoms with Gasteiger partial charge in [-0.2, -0.15) is 0 Å². The van der Waals surface area contributed by atoms with Gasteiger partial charge in [-0.05, 0) is 24.3 Å². The molecule has 0 saturated carbocycles. The third-order valence-corrected chi connectivity index (χ3v) is 5.48. The van der Waals surface area contributed by atoms with Crippen LogP contribution in [0.5, 0.6) is 0 Å². The Morgan fingerprint density at radius 2 is 2.07 bits per heavy atom. The number of rotatable bonds is 8. The van der Waals surface area contributed by atoms with Crippen molar-refractivity contribution < 1.29 is 9.18 Å². The van der Waals surface area contributed by atoms with Crippen LogP contribution in [0.4, 0.5) is 4.39 Å². The van der Waals surface area contributed by atoms with Crippen LogP contribution in [-0.2, 0) is 17.9 Å². The van der Waals surface area contributed by atoms with Crippen LogP contribution >= 0.6 is 23.4 Å². The number of halogens is 2. The lowest BCUT2D eigenvalue weighted by Crippen LogP contribution is -2.28. The minimum Gasteiger partial charge on any atom is -0.341 e. The lowest BCUT2D eigenvalue weighted by molar-refractivity contribution is -0.127. The van der Waals surface area contributed by atoms with E-state index in [1.54, 1.807) is 31.6 Å². The zero-order chi connectivity index (χ0) is 20.8. The summed E-state index contributed by atoms with van der Waals surface area (Å²) in [5, 5.41) is 9.35. The van der Waals surface area contributed by atoms with Crippen molar-refractivity contribution in [2.24, 2.45) is 0 Å². The van der Waals surface area contributed by atoms with Crippen molar-refractivity contribution in [3.8, 4) is 11.4 Å². The number of amides is 1. The fraction of sp³-hybridized carbons (Fsp3) is 0.200. The first-order valence-corrected chi connectivity index (χ1v) is 10.1. The van der Waals surface area contributed by atoms with Crippen LogP contribution in [0.15, 0.2) is 60.5 Å². The van der Waals surface area contributed by atoms with E-state index in [9.17, 15) is 9.18 Å². The number of hydrogen-bond acceptors (Lipinski definition) is 5.